The first-order valence-electron chi connectivity index (χ1n) is 6.81. The number of fused-ring (bicyclic) bond motifs is 1. The van der Waals surface area contributed by atoms with Gasteiger partial charge in [-0.25, -0.2) is 9.97 Å². The predicted molar refractivity (Wildman–Crippen MR) is 89.6 cm³/mol. The molecular formula is C15H15Cl2N3S. The fourth-order valence-corrected chi connectivity index (χ4v) is 3.49. The Morgan fingerprint density at radius 2 is 2.19 bits per heavy atom. The Morgan fingerprint density at radius 1 is 1.38 bits per heavy atom. The van der Waals surface area contributed by atoms with Gasteiger partial charge in [-0.3, -0.25) is 0 Å². The monoisotopic (exact) mass is 339 g/mol. The summed E-state index contributed by atoms with van der Waals surface area (Å²) in [5.41, 5.74) is 1.91. The van der Waals surface area contributed by atoms with Crippen LogP contribution in [0.25, 0.3) is 11.0 Å². The SMILES string of the molecule is CCc1cnc(Cn2c(C(C)Cl)nc3ccc(Cl)cc32)s1. The average Bonchev–Trinajstić information content (AvgIpc) is 3.04. The van der Waals surface area contributed by atoms with Crippen molar-refractivity contribution < 1.29 is 0 Å². The molecule has 0 aliphatic heterocycles. The third-order valence-corrected chi connectivity index (χ3v) is 4.90. The lowest BCUT2D eigenvalue weighted by Crippen LogP contribution is -2.05. The number of hydrogen-bond acceptors (Lipinski definition) is 3. The number of aryl methyl sites for hydroxylation is 1. The minimum absolute atomic E-state index is 0.165. The van der Waals surface area contributed by atoms with Crippen LogP contribution in [0.3, 0.4) is 0 Å². The number of nitrogens with zero attached hydrogens (tertiary/aromatic N) is 3. The summed E-state index contributed by atoms with van der Waals surface area (Å²) >= 11 is 14.1. The molecule has 1 atom stereocenters. The molecule has 2 aromatic heterocycles. The molecule has 21 heavy (non-hydrogen) atoms. The molecule has 0 aliphatic carbocycles. The van der Waals surface area contributed by atoms with E-state index < -0.39 is 0 Å². The van der Waals surface area contributed by atoms with E-state index in [4.69, 9.17) is 23.2 Å². The van der Waals surface area contributed by atoms with Crippen molar-refractivity contribution >= 4 is 45.6 Å². The number of halogens is 2. The molecule has 0 aliphatic rings. The number of aromatic nitrogens is 3. The van der Waals surface area contributed by atoms with E-state index in [9.17, 15) is 0 Å². The lowest BCUT2D eigenvalue weighted by molar-refractivity contribution is 0.738. The topological polar surface area (TPSA) is 30.7 Å². The van der Waals surface area contributed by atoms with E-state index in [1.165, 1.54) is 4.88 Å². The van der Waals surface area contributed by atoms with E-state index in [2.05, 4.69) is 21.5 Å². The first-order chi connectivity index (χ1) is 10.1. The molecule has 0 spiro atoms. The fourth-order valence-electron chi connectivity index (χ4n) is 2.30. The van der Waals surface area contributed by atoms with Crippen LogP contribution < -0.4 is 0 Å². The highest BCUT2D eigenvalue weighted by molar-refractivity contribution is 7.11. The minimum atomic E-state index is -0.165. The standard InChI is InChI=1S/C15H15Cl2N3S/c1-3-11-7-18-14(21-11)8-20-13-6-10(17)4-5-12(13)19-15(20)9(2)16/h4-7,9H,3,8H2,1-2H3. The zero-order valence-corrected chi connectivity index (χ0v) is 14.1. The van der Waals surface area contributed by atoms with Crippen LogP contribution in [0.1, 0.15) is 34.9 Å². The Labute approximate surface area is 137 Å². The van der Waals surface area contributed by atoms with Gasteiger partial charge in [0.15, 0.2) is 0 Å². The van der Waals surface area contributed by atoms with Crippen LogP contribution in [0.5, 0.6) is 0 Å². The Balaban J connectivity index is 2.09. The highest BCUT2D eigenvalue weighted by atomic mass is 35.5. The van der Waals surface area contributed by atoms with Crippen molar-refractivity contribution in [2.75, 3.05) is 0 Å². The van der Waals surface area contributed by atoms with E-state index in [0.717, 1.165) is 28.3 Å². The highest BCUT2D eigenvalue weighted by Gasteiger charge is 2.16. The first-order valence-corrected chi connectivity index (χ1v) is 8.45. The van der Waals surface area contributed by atoms with Gasteiger partial charge < -0.3 is 4.57 Å². The van der Waals surface area contributed by atoms with Crippen molar-refractivity contribution in [3.8, 4) is 0 Å². The van der Waals surface area contributed by atoms with Gasteiger partial charge in [-0.05, 0) is 31.5 Å². The van der Waals surface area contributed by atoms with Gasteiger partial charge >= 0.3 is 0 Å². The van der Waals surface area contributed by atoms with Gasteiger partial charge in [-0.1, -0.05) is 18.5 Å². The molecule has 3 nitrogen and oxygen atoms in total. The zero-order valence-electron chi connectivity index (χ0n) is 11.8. The number of benzene rings is 1. The molecule has 3 rings (SSSR count). The van der Waals surface area contributed by atoms with Crippen molar-refractivity contribution in [2.45, 2.75) is 32.2 Å². The number of hydrogen-bond donors (Lipinski definition) is 0. The van der Waals surface area contributed by atoms with E-state index in [-0.39, 0.29) is 5.38 Å². The fraction of sp³-hybridized carbons (Fsp3) is 0.333. The maximum absolute atomic E-state index is 6.28. The summed E-state index contributed by atoms with van der Waals surface area (Å²) in [5.74, 6) is 0.849. The van der Waals surface area contributed by atoms with Gasteiger partial charge in [0.2, 0.25) is 0 Å². The van der Waals surface area contributed by atoms with E-state index in [0.29, 0.717) is 11.6 Å². The third-order valence-electron chi connectivity index (χ3n) is 3.34. The maximum atomic E-state index is 6.28. The van der Waals surface area contributed by atoms with Crippen molar-refractivity contribution in [2.24, 2.45) is 0 Å². The van der Waals surface area contributed by atoms with Crippen LogP contribution in [-0.4, -0.2) is 14.5 Å². The zero-order chi connectivity index (χ0) is 15.0. The van der Waals surface area contributed by atoms with Crippen molar-refractivity contribution in [3.05, 3.63) is 45.1 Å². The van der Waals surface area contributed by atoms with E-state index in [1.54, 1.807) is 11.3 Å². The predicted octanol–water partition coefficient (Wildman–Crippen LogP) is 5.06. The quantitative estimate of drug-likeness (QED) is 0.622. The Hall–Kier alpha value is -1.10. The first kappa shape index (κ1) is 14.8. The van der Waals surface area contributed by atoms with Crippen LogP contribution in [-0.2, 0) is 13.0 Å². The largest absolute Gasteiger partial charge is 0.320 e. The minimum Gasteiger partial charge on any atom is -0.320 e. The van der Waals surface area contributed by atoms with Gasteiger partial charge in [0.05, 0.1) is 23.0 Å². The summed E-state index contributed by atoms with van der Waals surface area (Å²) in [6, 6.07) is 5.71. The molecular weight excluding hydrogens is 325 g/mol. The molecule has 1 aromatic carbocycles. The second-order valence-electron chi connectivity index (χ2n) is 4.88. The normalized spacial score (nSPS) is 13.0. The van der Waals surface area contributed by atoms with Gasteiger partial charge in [0.1, 0.15) is 10.8 Å². The molecule has 0 saturated carbocycles. The maximum Gasteiger partial charge on any atom is 0.128 e. The Kier molecular flexibility index (Phi) is 4.20. The van der Waals surface area contributed by atoms with Crippen LogP contribution in [0.2, 0.25) is 5.02 Å². The van der Waals surface area contributed by atoms with Gasteiger partial charge in [-0.15, -0.1) is 22.9 Å². The van der Waals surface area contributed by atoms with E-state index in [1.807, 2.05) is 31.3 Å². The molecule has 0 N–H and O–H groups in total. The summed E-state index contributed by atoms with van der Waals surface area (Å²) in [5, 5.41) is 1.59. The lowest BCUT2D eigenvalue weighted by Gasteiger charge is -2.08. The molecule has 0 fully saturated rings. The van der Waals surface area contributed by atoms with Crippen LogP contribution in [0.15, 0.2) is 24.4 Å². The van der Waals surface area contributed by atoms with Gasteiger partial charge in [-0.2, -0.15) is 0 Å². The average molecular weight is 340 g/mol. The summed E-state index contributed by atoms with van der Waals surface area (Å²) < 4.78 is 2.11. The summed E-state index contributed by atoms with van der Waals surface area (Å²) in [6.07, 6.45) is 2.95. The lowest BCUT2D eigenvalue weighted by atomic mass is 10.3. The van der Waals surface area contributed by atoms with Crippen LogP contribution in [0, 0.1) is 0 Å². The summed E-state index contributed by atoms with van der Waals surface area (Å²) in [7, 11) is 0. The molecule has 0 saturated heterocycles. The third kappa shape index (κ3) is 2.93. The smallest absolute Gasteiger partial charge is 0.128 e. The molecule has 110 valence electrons. The van der Waals surface area contributed by atoms with Crippen LogP contribution >= 0.6 is 34.5 Å². The number of imidazole rings is 1. The second kappa shape index (κ2) is 5.95. The number of alkyl halides is 1. The van der Waals surface area contributed by atoms with E-state index >= 15 is 0 Å². The molecule has 3 aromatic rings. The number of rotatable bonds is 4. The highest BCUT2D eigenvalue weighted by Crippen LogP contribution is 2.28. The van der Waals surface area contributed by atoms with Crippen molar-refractivity contribution in [1.82, 2.24) is 14.5 Å². The molecule has 6 heteroatoms. The molecule has 0 bridgehead atoms. The Morgan fingerprint density at radius 3 is 2.86 bits per heavy atom. The summed E-state index contributed by atoms with van der Waals surface area (Å²) in [6.45, 7) is 4.74. The number of thiazole rings is 1. The molecule has 0 amide bonds. The van der Waals surface area contributed by atoms with Crippen molar-refractivity contribution in [1.29, 1.82) is 0 Å². The van der Waals surface area contributed by atoms with Crippen LogP contribution in [0.4, 0.5) is 0 Å². The summed E-state index contributed by atoms with van der Waals surface area (Å²) in [4.78, 5) is 10.4. The molecule has 1 unspecified atom stereocenters. The molecule has 0 radical (unpaired) electrons. The molecule has 2 heterocycles. The Bertz CT molecular complexity index is 776. The second-order valence-corrected chi connectivity index (χ2v) is 7.17. The van der Waals surface area contributed by atoms with Gasteiger partial charge in [0, 0.05) is 16.1 Å². The van der Waals surface area contributed by atoms with Crippen molar-refractivity contribution in [3.63, 3.8) is 0 Å². The van der Waals surface area contributed by atoms with Gasteiger partial charge in [0.25, 0.3) is 0 Å².